The zero-order valence-corrected chi connectivity index (χ0v) is 36.9. The van der Waals surface area contributed by atoms with Crippen molar-refractivity contribution in [3.63, 3.8) is 0 Å². The molecule has 0 aliphatic heterocycles. The maximum atomic E-state index is 16.4. The van der Waals surface area contributed by atoms with Crippen LogP contribution >= 0.6 is 7.92 Å². The molecule has 6 aromatic carbocycles. The minimum atomic E-state index is -1.45. The summed E-state index contributed by atoms with van der Waals surface area (Å²) in [5, 5.41) is 4.38. The van der Waals surface area contributed by atoms with E-state index in [1.54, 1.807) is 42.5 Å². The van der Waals surface area contributed by atoms with Gasteiger partial charge in [0.05, 0.1) is 11.1 Å². The Labute approximate surface area is 377 Å². The van der Waals surface area contributed by atoms with Crippen molar-refractivity contribution >= 4 is 40.4 Å². The number of hydrogen-bond donors (Lipinski definition) is 0. The van der Waals surface area contributed by atoms with Crippen LogP contribution in [0.5, 0.6) is 0 Å². The number of rotatable bonds is 9. The second-order valence-corrected chi connectivity index (χ2v) is 19.1. The third kappa shape index (κ3) is 8.26. The highest BCUT2D eigenvalue weighted by Gasteiger charge is 2.29. The van der Waals surface area contributed by atoms with Crippen LogP contribution in [0.15, 0.2) is 175 Å². The van der Waals surface area contributed by atoms with Gasteiger partial charge in [0.25, 0.3) is 0 Å². The van der Waals surface area contributed by atoms with Crippen molar-refractivity contribution in [2.24, 2.45) is 5.92 Å². The Bertz CT molecular complexity index is 3150. The highest BCUT2D eigenvalue weighted by molar-refractivity contribution is 7.77. The van der Waals surface area contributed by atoms with Crippen LogP contribution in [0.25, 0.3) is 66.7 Å². The molecule has 3 aliphatic carbocycles. The fourth-order valence-electron chi connectivity index (χ4n) is 8.85. The molecule has 3 nitrogen and oxygen atoms in total. The molecular weight excluding hydrogens is 834 g/mol. The average molecular weight is 878 g/mol. The van der Waals surface area contributed by atoms with Crippen molar-refractivity contribution < 1.29 is 17.6 Å². The fraction of sp³-hybridized carbons (Fsp3) is 0.140. The lowest BCUT2D eigenvalue weighted by Gasteiger charge is -2.22. The van der Waals surface area contributed by atoms with E-state index in [2.05, 4.69) is 74.6 Å². The van der Waals surface area contributed by atoms with Gasteiger partial charge in [0.15, 0.2) is 40.7 Å². The topological polar surface area (TPSA) is 38.7 Å². The van der Waals surface area contributed by atoms with Crippen LogP contribution in [0.2, 0.25) is 0 Å². The van der Waals surface area contributed by atoms with Crippen molar-refractivity contribution in [3.05, 3.63) is 210 Å². The van der Waals surface area contributed by atoms with Gasteiger partial charge in [-0.15, -0.1) is 0 Å². The van der Waals surface area contributed by atoms with Crippen molar-refractivity contribution in [1.29, 1.82) is 0 Å². The maximum Gasteiger partial charge on any atom is 0.170 e. The lowest BCUT2D eigenvalue weighted by Crippen LogP contribution is -2.13. The molecule has 320 valence electrons. The first-order valence-electron chi connectivity index (χ1n) is 22.0. The predicted octanol–water partition coefficient (Wildman–Crippen LogP) is 15.0. The summed E-state index contributed by atoms with van der Waals surface area (Å²) in [6.45, 7) is 4.30. The van der Waals surface area contributed by atoms with Crippen LogP contribution < -0.4 is 10.6 Å². The van der Waals surface area contributed by atoms with Crippen LogP contribution in [0.1, 0.15) is 57.6 Å². The third-order valence-corrected chi connectivity index (χ3v) is 14.9. The number of aromatic nitrogens is 3. The van der Waals surface area contributed by atoms with Gasteiger partial charge in [-0.05, 0) is 107 Å². The fourth-order valence-corrected chi connectivity index (χ4v) is 11.2. The molecule has 0 saturated carbocycles. The molecule has 65 heavy (non-hydrogen) atoms. The zero-order chi connectivity index (χ0) is 44.6. The van der Waals surface area contributed by atoms with E-state index in [0.717, 1.165) is 70.5 Å². The third-order valence-electron chi connectivity index (χ3n) is 12.4. The molecule has 8 heteroatoms. The largest absolute Gasteiger partial charge is 0.209 e. The second kappa shape index (κ2) is 18.0. The van der Waals surface area contributed by atoms with Gasteiger partial charge in [0.1, 0.15) is 0 Å². The number of hydrogen-bond acceptors (Lipinski definition) is 3. The van der Waals surface area contributed by atoms with E-state index in [4.69, 9.17) is 15.0 Å². The van der Waals surface area contributed by atoms with Gasteiger partial charge in [-0.25, -0.2) is 32.5 Å². The van der Waals surface area contributed by atoms with Crippen LogP contribution in [0, 0.1) is 29.2 Å². The van der Waals surface area contributed by atoms with E-state index in [9.17, 15) is 0 Å². The van der Waals surface area contributed by atoms with Gasteiger partial charge in [-0.2, -0.15) is 0 Å². The summed E-state index contributed by atoms with van der Waals surface area (Å²) < 4.78 is 65.4. The van der Waals surface area contributed by atoms with Crippen LogP contribution in [0.4, 0.5) is 17.6 Å². The second-order valence-electron chi connectivity index (χ2n) is 16.9. The Hall–Kier alpha value is -6.82. The molecule has 0 radical (unpaired) electrons. The molecule has 0 bridgehead atoms. The lowest BCUT2D eigenvalue weighted by atomic mass is 9.90. The molecule has 0 spiro atoms. The summed E-state index contributed by atoms with van der Waals surface area (Å²) in [4.78, 5) is 14.8. The monoisotopic (exact) mass is 877 g/mol. The van der Waals surface area contributed by atoms with Crippen molar-refractivity contribution in [3.8, 4) is 44.8 Å². The Balaban J connectivity index is 0.987. The molecule has 1 aromatic heterocycles. The van der Waals surface area contributed by atoms with Gasteiger partial charge >= 0.3 is 0 Å². The first kappa shape index (κ1) is 42.1. The smallest absolute Gasteiger partial charge is 0.170 e. The van der Waals surface area contributed by atoms with Crippen LogP contribution in [-0.4, -0.2) is 15.0 Å². The molecule has 0 N–H and O–H groups in total. The quantitative estimate of drug-likeness (QED) is 0.0824. The lowest BCUT2D eigenvalue weighted by molar-refractivity contribution is 0.463. The molecule has 0 amide bonds. The first-order chi connectivity index (χ1) is 31.7. The minimum absolute atomic E-state index is 0.0470. The minimum Gasteiger partial charge on any atom is -0.209 e. The zero-order valence-electron chi connectivity index (χ0n) is 36.0. The molecule has 0 fully saturated rings. The molecule has 3 aliphatic rings. The summed E-state index contributed by atoms with van der Waals surface area (Å²) >= 11 is 0. The van der Waals surface area contributed by atoms with E-state index in [-0.39, 0.29) is 11.1 Å². The number of benzene rings is 6. The van der Waals surface area contributed by atoms with Gasteiger partial charge in [0.2, 0.25) is 0 Å². The maximum absolute atomic E-state index is 16.4. The Morgan fingerprint density at radius 2 is 1.15 bits per heavy atom. The highest BCUT2D eigenvalue weighted by atomic mass is 31.1. The van der Waals surface area contributed by atoms with Crippen molar-refractivity contribution in [1.82, 2.24) is 15.0 Å². The van der Waals surface area contributed by atoms with E-state index >= 15 is 17.6 Å². The van der Waals surface area contributed by atoms with E-state index in [1.807, 2.05) is 54.6 Å². The van der Waals surface area contributed by atoms with Gasteiger partial charge < -0.3 is 0 Å². The standard InChI is InChI=1S/C57H44F4N3P/c1-35-17-21-39(22-18-35)55-62-56(40-23-19-36(2)20-24-40)64-57(63-55)41-27-25-37(26-28-41)45-33-34-48(47-16-10-9-15-46(45)47)50-53(60)51(58)49(52(59)54(50)61)38-29-31-44(32-30-38)65(42-11-5-3-6-12-42)43-13-7-4-8-14-43/h3,5-7,9-17,19,21-23,25-35H,4,8,18,20,24H2,1-2H3. The summed E-state index contributed by atoms with van der Waals surface area (Å²) in [5.74, 6) is -3.50. The normalized spacial score (nSPS) is 16.5. The van der Waals surface area contributed by atoms with E-state index in [0.29, 0.717) is 34.2 Å². The molecule has 2 unspecified atom stereocenters. The average Bonchev–Trinajstić information content (AvgIpc) is 3.35. The van der Waals surface area contributed by atoms with E-state index in [1.165, 1.54) is 17.0 Å². The number of nitrogens with zero attached hydrogens (tertiary/aromatic N) is 3. The van der Waals surface area contributed by atoms with Crippen molar-refractivity contribution in [2.45, 2.75) is 46.0 Å². The Morgan fingerprint density at radius 1 is 0.538 bits per heavy atom. The van der Waals surface area contributed by atoms with Crippen molar-refractivity contribution in [2.75, 3.05) is 0 Å². The highest BCUT2D eigenvalue weighted by Crippen LogP contribution is 2.46. The summed E-state index contributed by atoms with van der Waals surface area (Å²) in [5.41, 5.74) is 4.37. The molecule has 7 aromatic rings. The number of fused-ring (bicyclic) bond motifs is 1. The van der Waals surface area contributed by atoms with Gasteiger partial charge in [0, 0.05) is 11.1 Å². The summed E-state index contributed by atoms with van der Waals surface area (Å²) in [7, 11) is -0.949. The number of halogens is 4. The summed E-state index contributed by atoms with van der Waals surface area (Å²) in [6.07, 6.45) is 21.8. The summed E-state index contributed by atoms with van der Waals surface area (Å²) in [6, 6.07) is 35.0. The molecule has 1 heterocycles. The van der Waals surface area contributed by atoms with Crippen LogP contribution in [-0.2, 0) is 0 Å². The molecular formula is C57H44F4N3P. The molecule has 0 saturated heterocycles. The van der Waals surface area contributed by atoms with E-state index < -0.39 is 42.3 Å². The number of allylic oxidation sites excluding steroid dienone is 12. The predicted molar refractivity (Wildman–Crippen MR) is 260 cm³/mol. The Kier molecular flexibility index (Phi) is 11.7. The van der Waals surface area contributed by atoms with Gasteiger partial charge in [-0.3, -0.25) is 0 Å². The molecule has 2 atom stereocenters. The van der Waals surface area contributed by atoms with Crippen LogP contribution in [0.3, 0.4) is 0 Å². The Morgan fingerprint density at radius 3 is 1.82 bits per heavy atom. The SMILES string of the molecule is CC1=CC=C(c2nc(C3=CCC(C)C=C3)nc(-c3ccc(-c4ccc(-c5c(F)c(F)c(-c6ccc(P(C7=CCCC=C7)c7ccccc7)cc6)c(F)c5F)c5ccccc45)cc3)n2)CC1. The first-order valence-corrected chi connectivity index (χ1v) is 23.4. The van der Waals surface area contributed by atoms with Gasteiger partial charge in [-0.1, -0.05) is 176 Å². The molecule has 10 rings (SSSR count).